The maximum absolute atomic E-state index is 11.9. The second kappa shape index (κ2) is 7.09. The highest BCUT2D eigenvalue weighted by Gasteiger charge is 2.11. The van der Waals surface area contributed by atoms with Crippen LogP contribution in [0.3, 0.4) is 0 Å². The number of benzene rings is 1. The van der Waals surface area contributed by atoms with E-state index >= 15 is 0 Å². The summed E-state index contributed by atoms with van der Waals surface area (Å²) in [7, 11) is 0. The van der Waals surface area contributed by atoms with Crippen LogP contribution in [0.25, 0.3) is 0 Å². The molecule has 0 saturated carbocycles. The van der Waals surface area contributed by atoms with Crippen LogP contribution in [0.1, 0.15) is 19.2 Å². The van der Waals surface area contributed by atoms with Gasteiger partial charge in [0, 0.05) is 12.2 Å². The lowest BCUT2D eigenvalue weighted by Gasteiger charge is -2.07. The first-order valence-corrected chi connectivity index (χ1v) is 7.56. The van der Waals surface area contributed by atoms with E-state index in [4.69, 9.17) is 0 Å². The van der Waals surface area contributed by atoms with Crippen LogP contribution >= 0.6 is 11.8 Å². The van der Waals surface area contributed by atoms with Gasteiger partial charge in [0.05, 0.1) is 5.75 Å². The zero-order chi connectivity index (χ0) is 14.4. The van der Waals surface area contributed by atoms with Crippen molar-refractivity contribution in [3.63, 3.8) is 0 Å². The number of aryl methyl sites for hydroxylation is 1. The van der Waals surface area contributed by atoms with Crippen LogP contribution in [0.4, 0.5) is 5.69 Å². The van der Waals surface area contributed by atoms with E-state index in [0.29, 0.717) is 5.75 Å². The van der Waals surface area contributed by atoms with E-state index in [0.717, 1.165) is 29.6 Å². The number of nitrogens with one attached hydrogen (secondary N) is 1. The third-order valence-corrected chi connectivity index (χ3v) is 3.71. The highest BCUT2D eigenvalue weighted by Crippen LogP contribution is 2.17. The average molecular weight is 290 g/mol. The van der Waals surface area contributed by atoms with Gasteiger partial charge in [-0.05, 0) is 25.5 Å². The zero-order valence-corrected chi connectivity index (χ0v) is 12.5. The summed E-state index contributed by atoms with van der Waals surface area (Å²) in [6.07, 6.45) is 1.02. The van der Waals surface area contributed by atoms with E-state index in [-0.39, 0.29) is 5.91 Å². The molecule has 2 rings (SSSR count). The molecule has 0 radical (unpaired) electrons. The Balaban J connectivity index is 1.90. The van der Waals surface area contributed by atoms with E-state index in [2.05, 4.69) is 22.4 Å². The second-order valence-electron chi connectivity index (χ2n) is 4.38. The van der Waals surface area contributed by atoms with Gasteiger partial charge in [-0.25, -0.2) is 0 Å². The Bertz CT molecular complexity index is 568. The standard InChI is InChI=1S/C14H18N4OS/c1-3-9-18-11(2)16-17-14(18)20-10-13(19)15-12-7-5-4-6-8-12/h4-8H,3,9-10H2,1-2H3,(H,15,19). The summed E-state index contributed by atoms with van der Waals surface area (Å²) in [5.41, 5.74) is 0.810. The normalized spacial score (nSPS) is 10.5. The number of aromatic nitrogens is 3. The largest absolute Gasteiger partial charge is 0.325 e. The molecular weight excluding hydrogens is 272 g/mol. The van der Waals surface area contributed by atoms with E-state index in [1.165, 1.54) is 11.8 Å². The number of amides is 1. The highest BCUT2D eigenvalue weighted by atomic mass is 32.2. The lowest BCUT2D eigenvalue weighted by Crippen LogP contribution is -2.14. The third-order valence-electron chi connectivity index (χ3n) is 2.74. The molecule has 1 aromatic carbocycles. The van der Waals surface area contributed by atoms with Crippen LogP contribution in [0.15, 0.2) is 35.5 Å². The van der Waals surface area contributed by atoms with Crippen LogP contribution in [-0.2, 0) is 11.3 Å². The van der Waals surface area contributed by atoms with E-state index in [9.17, 15) is 4.79 Å². The Hall–Kier alpha value is -1.82. The van der Waals surface area contributed by atoms with Crippen molar-refractivity contribution in [1.29, 1.82) is 0 Å². The minimum absolute atomic E-state index is 0.0371. The molecule has 6 heteroatoms. The summed E-state index contributed by atoms with van der Waals surface area (Å²) in [4.78, 5) is 11.9. The zero-order valence-electron chi connectivity index (χ0n) is 11.7. The van der Waals surface area contributed by atoms with Gasteiger partial charge in [-0.2, -0.15) is 0 Å². The molecule has 0 aliphatic rings. The fourth-order valence-corrected chi connectivity index (χ4v) is 2.61. The minimum atomic E-state index is -0.0371. The predicted molar refractivity (Wildman–Crippen MR) is 80.8 cm³/mol. The molecule has 0 atom stereocenters. The first-order valence-electron chi connectivity index (χ1n) is 6.58. The maximum Gasteiger partial charge on any atom is 0.234 e. The second-order valence-corrected chi connectivity index (χ2v) is 5.33. The van der Waals surface area contributed by atoms with Gasteiger partial charge in [0.2, 0.25) is 5.91 Å². The molecule has 0 spiro atoms. The van der Waals surface area contributed by atoms with Crippen molar-refractivity contribution < 1.29 is 4.79 Å². The first kappa shape index (κ1) is 14.6. The average Bonchev–Trinajstić information content (AvgIpc) is 2.79. The molecule has 2 aromatic rings. The van der Waals surface area contributed by atoms with Gasteiger partial charge in [-0.3, -0.25) is 4.79 Å². The molecule has 106 valence electrons. The molecule has 1 aromatic heterocycles. The van der Waals surface area contributed by atoms with Crippen molar-refractivity contribution in [1.82, 2.24) is 14.8 Å². The SMILES string of the molecule is CCCn1c(C)nnc1SCC(=O)Nc1ccccc1. The highest BCUT2D eigenvalue weighted by molar-refractivity contribution is 7.99. The fourth-order valence-electron chi connectivity index (χ4n) is 1.80. The first-order chi connectivity index (χ1) is 9.70. The van der Waals surface area contributed by atoms with Gasteiger partial charge in [0.1, 0.15) is 5.82 Å². The summed E-state index contributed by atoms with van der Waals surface area (Å²) < 4.78 is 2.04. The van der Waals surface area contributed by atoms with Crippen LogP contribution < -0.4 is 5.32 Å². The van der Waals surface area contributed by atoms with Crippen molar-refractivity contribution in [3.05, 3.63) is 36.2 Å². The molecule has 1 amide bonds. The molecule has 0 aliphatic heterocycles. The molecule has 0 saturated heterocycles. The number of thioether (sulfide) groups is 1. The number of hydrogen-bond donors (Lipinski definition) is 1. The van der Waals surface area contributed by atoms with Gasteiger partial charge < -0.3 is 9.88 Å². The molecule has 20 heavy (non-hydrogen) atoms. The molecule has 0 aliphatic carbocycles. The smallest absolute Gasteiger partial charge is 0.234 e. The van der Waals surface area contributed by atoms with Gasteiger partial charge in [0.15, 0.2) is 5.16 Å². The topological polar surface area (TPSA) is 59.8 Å². The molecule has 1 N–H and O–H groups in total. The number of nitrogens with zero attached hydrogens (tertiary/aromatic N) is 3. The fraction of sp³-hybridized carbons (Fsp3) is 0.357. The Labute approximate surface area is 122 Å². The third kappa shape index (κ3) is 3.84. The van der Waals surface area contributed by atoms with E-state index in [1.807, 2.05) is 41.8 Å². The van der Waals surface area contributed by atoms with Crippen molar-refractivity contribution >= 4 is 23.4 Å². The van der Waals surface area contributed by atoms with E-state index in [1.54, 1.807) is 0 Å². The maximum atomic E-state index is 11.9. The van der Waals surface area contributed by atoms with Crippen molar-refractivity contribution in [3.8, 4) is 0 Å². The molecule has 0 bridgehead atoms. The van der Waals surface area contributed by atoms with Gasteiger partial charge in [-0.15, -0.1) is 10.2 Å². The number of para-hydroxylation sites is 1. The van der Waals surface area contributed by atoms with Gasteiger partial charge in [0.25, 0.3) is 0 Å². The van der Waals surface area contributed by atoms with Crippen molar-refractivity contribution in [2.75, 3.05) is 11.1 Å². The summed E-state index contributed by atoms with van der Waals surface area (Å²) in [5.74, 6) is 1.18. The van der Waals surface area contributed by atoms with Gasteiger partial charge >= 0.3 is 0 Å². The molecule has 1 heterocycles. The summed E-state index contributed by atoms with van der Waals surface area (Å²) in [6.45, 7) is 4.91. The van der Waals surface area contributed by atoms with Crippen LogP contribution in [0, 0.1) is 6.92 Å². The molecular formula is C14H18N4OS. The minimum Gasteiger partial charge on any atom is -0.325 e. The number of anilines is 1. The van der Waals surface area contributed by atoms with Gasteiger partial charge in [-0.1, -0.05) is 36.9 Å². The Morgan fingerprint density at radius 3 is 2.75 bits per heavy atom. The molecule has 0 fully saturated rings. The number of carbonyl (C=O) groups is 1. The van der Waals surface area contributed by atoms with Crippen molar-refractivity contribution in [2.45, 2.75) is 32.0 Å². The molecule has 5 nitrogen and oxygen atoms in total. The summed E-state index contributed by atoms with van der Waals surface area (Å²) in [5, 5.41) is 11.8. The number of carbonyl (C=O) groups excluding carboxylic acids is 1. The number of hydrogen-bond acceptors (Lipinski definition) is 4. The monoisotopic (exact) mass is 290 g/mol. The Morgan fingerprint density at radius 2 is 2.05 bits per heavy atom. The van der Waals surface area contributed by atoms with Crippen molar-refractivity contribution in [2.24, 2.45) is 0 Å². The summed E-state index contributed by atoms with van der Waals surface area (Å²) in [6, 6.07) is 9.44. The van der Waals surface area contributed by atoms with Crippen LogP contribution in [0.5, 0.6) is 0 Å². The predicted octanol–water partition coefficient (Wildman–Crippen LogP) is 2.73. The lowest BCUT2D eigenvalue weighted by molar-refractivity contribution is -0.113. The summed E-state index contributed by atoms with van der Waals surface area (Å²) >= 11 is 1.41. The molecule has 0 unspecified atom stereocenters. The van der Waals surface area contributed by atoms with E-state index < -0.39 is 0 Å². The number of rotatable bonds is 6. The lowest BCUT2D eigenvalue weighted by atomic mass is 10.3. The quantitative estimate of drug-likeness (QED) is 0.831. The Kier molecular flexibility index (Phi) is 5.17. The van der Waals surface area contributed by atoms with Crippen LogP contribution in [-0.4, -0.2) is 26.4 Å². The van der Waals surface area contributed by atoms with Crippen LogP contribution in [0.2, 0.25) is 0 Å². The Morgan fingerprint density at radius 1 is 1.30 bits per heavy atom.